The first-order valence-electron chi connectivity index (χ1n) is 11.1. The molecule has 0 atom stereocenters. The second-order valence-electron chi connectivity index (χ2n) is 7.59. The van der Waals surface area contributed by atoms with Crippen LogP contribution in [0.25, 0.3) is 11.1 Å². The van der Waals surface area contributed by atoms with Crippen molar-refractivity contribution in [3.63, 3.8) is 0 Å². The number of nitrogens with zero attached hydrogens (tertiary/aromatic N) is 3. The monoisotopic (exact) mass is 466 g/mol. The lowest BCUT2D eigenvalue weighted by Gasteiger charge is -2.12. The average Bonchev–Trinajstić information content (AvgIpc) is 3.41. The van der Waals surface area contributed by atoms with Crippen molar-refractivity contribution in [2.45, 2.75) is 33.7 Å². The minimum atomic E-state index is -0.529. The molecule has 0 aliphatic heterocycles. The molecular formula is C24H26N4O6. The number of aromatic nitrogens is 3. The van der Waals surface area contributed by atoms with E-state index in [2.05, 4.69) is 15.5 Å². The summed E-state index contributed by atoms with van der Waals surface area (Å²) in [6.07, 6.45) is 0.578. The van der Waals surface area contributed by atoms with Gasteiger partial charge in [-0.1, -0.05) is 17.3 Å². The Morgan fingerprint density at radius 3 is 2.68 bits per heavy atom. The van der Waals surface area contributed by atoms with Gasteiger partial charge in [0.05, 0.1) is 25.3 Å². The molecule has 0 saturated heterocycles. The number of hydrogen-bond acceptors (Lipinski definition) is 8. The van der Waals surface area contributed by atoms with E-state index in [1.54, 1.807) is 6.07 Å². The number of ether oxygens (including phenoxy) is 2. The van der Waals surface area contributed by atoms with Crippen LogP contribution in [0.1, 0.15) is 41.5 Å². The molecule has 0 aliphatic carbocycles. The van der Waals surface area contributed by atoms with Gasteiger partial charge in [0, 0.05) is 6.54 Å². The number of aryl methyl sites for hydroxylation is 1. The van der Waals surface area contributed by atoms with E-state index < -0.39 is 11.7 Å². The Morgan fingerprint density at radius 2 is 1.88 bits per heavy atom. The maximum Gasteiger partial charge on any atom is 0.420 e. The van der Waals surface area contributed by atoms with Crippen LogP contribution < -0.4 is 20.5 Å². The number of hydrogen-bond donors (Lipinski definition) is 1. The quantitative estimate of drug-likeness (QED) is 0.378. The number of rotatable bonds is 10. The van der Waals surface area contributed by atoms with Crippen molar-refractivity contribution in [1.29, 1.82) is 0 Å². The van der Waals surface area contributed by atoms with Gasteiger partial charge in [-0.2, -0.15) is 4.98 Å². The third-order valence-corrected chi connectivity index (χ3v) is 5.09. The largest absolute Gasteiger partial charge is 0.490 e. The van der Waals surface area contributed by atoms with Gasteiger partial charge in [0.2, 0.25) is 0 Å². The first-order valence-corrected chi connectivity index (χ1v) is 11.1. The molecule has 0 aliphatic rings. The van der Waals surface area contributed by atoms with Crippen molar-refractivity contribution in [3.8, 4) is 11.5 Å². The maximum atomic E-state index is 12.4. The lowest BCUT2D eigenvalue weighted by molar-refractivity contribution is 0.0910. The molecule has 2 aromatic heterocycles. The molecule has 10 heteroatoms. The van der Waals surface area contributed by atoms with Crippen LogP contribution >= 0.6 is 0 Å². The molecule has 0 radical (unpaired) electrons. The Kier molecular flexibility index (Phi) is 6.95. The zero-order chi connectivity index (χ0) is 24.1. The van der Waals surface area contributed by atoms with E-state index in [9.17, 15) is 9.59 Å². The third kappa shape index (κ3) is 5.11. The molecule has 10 nitrogen and oxygen atoms in total. The Hall–Kier alpha value is -4.08. The second-order valence-corrected chi connectivity index (χ2v) is 7.59. The van der Waals surface area contributed by atoms with Crippen molar-refractivity contribution < 1.29 is 23.2 Å². The zero-order valence-corrected chi connectivity index (χ0v) is 19.3. The summed E-state index contributed by atoms with van der Waals surface area (Å²) in [5.41, 5.74) is 3.07. The minimum Gasteiger partial charge on any atom is -0.490 e. The molecule has 0 unspecified atom stereocenters. The highest BCUT2D eigenvalue weighted by Crippen LogP contribution is 2.28. The molecule has 178 valence electrons. The van der Waals surface area contributed by atoms with Crippen LogP contribution in [0.15, 0.2) is 50.1 Å². The highest BCUT2D eigenvalue weighted by atomic mass is 16.5. The van der Waals surface area contributed by atoms with E-state index in [1.165, 1.54) is 4.57 Å². The van der Waals surface area contributed by atoms with Crippen molar-refractivity contribution in [1.82, 2.24) is 20.0 Å². The van der Waals surface area contributed by atoms with E-state index >= 15 is 0 Å². The van der Waals surface area contributed by atoms with Crippen molar-refractivity contribution >= 4 is 17.0 Å². The molecular weight excluding hydrogens is 440 g/mol. The van der Waals surface area contributed by atoms with E-state index in [4.69, 9.17) is 18.4 Å². The van der Waals surface area contributed by atoms with Crippen molar-refractivity contribution in [2.75, 3.05) is 19.8 Å². The molecule has 34 heavy (non-hydrogen) atoms. The molecule has 1 N–H and O–H groups in total. The van der Waals surface area contributed by atoms with Crippen molar-refractivity contribution in [3.05, 3.63) is 69.8 Å². The summed E-state index contributed by atoms with van der Waals surface area (Å²) >= 11 is 0. The van der Waals surface area contributed by atoms with Crippen LogP contribution in [-0.2, 0) is 13.0 Å². The Morgan fingerprint density at radius 1 is 1.09 bits per heavy atom. The van der Waals surface area contributed by atoms with Gasteiger partial charge in [0.1, 0.15) is 0 Å². The van der Waals surface area contributed by atoms with Gasteiger partial charge in [-0.15, -0.1) is 0 Å². The number of fused-ring (bicyclic) bond motifs is 1. The molecule has 2 heterocycles. The summed E-state index contributed by atoms with van der Waals surface area (Å²) in [6.45, 7) is 7.21. The van der Waals surface area contributed by atoms with Crippen LogP contribution in [0.2, 0.25) is 0 Å². The van der Waals surface area contributed by atoms with Gasteiger partial charge >= 0.3 is 17.6 Å². The van der Waals surface area contributed by atoms with Crippen LogP contribution in [0.5, 0.6) is 11.5 Å². The summed E-state index contributed by atoms with van der Waals surface area (Å²) < 4.78 is 22.9. The fraction of sp³-hybridized carbons (Fsp3) is 0.333. The Balaban J connectivity index is 1.37. The normalized spacial score (nSPS) is 11.0. The summed E-state index contributed by atoms with van der Waals surface area (Å²) in [4.78, 5) is 28.8. The molecule has 1 amide bonds. The number of amides is 1. The number of nitrogens with one attached hydrogen (secondary N) is 1. The second kappa shape index (κ2) is 10.2. The van der Waals surface area contributed by atoms with E-state index in [0.29, 0.717) is 48.8 Å². The summed E-state index contributed by atoms with van der Waals surface area (Å²) in [6, 6.07) is 11.1. The van der Waals surface area contributed by atoms with E-state index in [0.717, 1.165) is 11.1 Å². The van der Waals surface area contributed by atoms with Gasteiger partial charge in [-0.25, -0.2) is 4.79 Å². The van der Waals surface area contributed by atoms with Gasteiger partial charge in [0.25, 0.3) is 0 Å². The molecule has 0 spiro atoms. The van der Waals surface area contributed by atoms with E-state index in [-0.39, 0.29) is 18.3 Å². The molecule has 4 rings (SSSR count). The summed E-state index contributed by atoms with van der Waals surface area (Å²) in [5.74, 6) is 0.369. The van der Waals surface area contributed by atoms with Gasteiger partial charge in [0.15, 0.2) is 22.9 Å². The van der Waals surface area contributed by atoms with Crippen LogP contribution in [0.4, 0.5) is 0 Å². The lowest BCUT2D eigenvalue weighted by atomic mass is 10.1. The number of carbonyl (C=O) groups is 1. The van der Waals surface area contributed by atoms with E-state index in [1.807, 2.05) is 51.1 Å². The maximum absolute atomic E-state index is 12.4. The minimum absolute atomic E-state index is 0.0262. The smallest absolute Gasteiger partial charge is 0.420 e. The lowest BCUT2D eigenvalue weighted by Crippen LogP contribution is -2.26. The Labute approximate surface area is 195 Å². The van der Waals surface area contributed by atoms with Crippen LogP contribution in [0, 0.1) is 6.92 Å². The highest BCUT2D eigenvalue weighted by Gasteiger charge is 2.17. The molecule has 4 aromatic rings. The fourth-order valence-electron chi connectivity index (χ4n) is 3.52. The predicted octanol–water partition coefficient (Wildman–Crippen LogP) is 3.10. The summed E-state index contributed by atoms with van der Waals surface area (Å²) in [7, 11) is 0. The highest BCUT2D eigenvalue weighted by molar-refractivity contribution is 5.89. The fourth-order valence-corrected chi connectivity index (χ4v) is 3.52. The summed E-state index contributed by atoms with van der Waals surface area (Å²) in [5, 5.41) is 6.59. The van der Waals surface area contributed by atoms with Crippen molar-refractivity contribution in [2.24, 2.45) is 0 Å². The first kappa shape index (κ1) is 23.1. The molecule has 0 bridgehead atoms. The number of benzene rings is 2. The number of oxazole rings is 1. The number of carbonyl (C=O) groups excluding carboxylic acids is 1. The zero-order valence-electron chi connectivity index (χ0n) is 19.3. The standard InChI is InChI=1S/C24H26N4O6/c1-4-31-19-9-7-16(13-20(19)32-5-2)10-11-25-22(29)23-26-21(27-34-23)14-28-17-12-15(3)6-8-18(17)33-24(28)30/h6-9,12-13H,4-5,10-11,14H2,1-3H3,(H,25,29). The van der Waals surface area contributed by atoms with Gasteiger partial charge in [-0.3, -0.25) is 9.36 Å². The topological polar surface area (TPSA) is 122 Å². The first-order chi connectivity index (χ1) is 16.5. The van der Waals surface area contributed by atoms with Gasteiger partial charge < -0.3 is 23.7 Å². The molecule has 0 saturated carbocycles. The third-order valence-electron chi connectivity index (χ3n) is 5.09. The molecule has 0 fully saturated rings. The SMILES string of the molecule is CCOc1ccc(CCNC(=O)c2nc(Cn3c(=O)oc4ccc(C)cc43)no2)cc1OCC. The molecule has 2 aromatic carbocycles. The van der Waals surface area contributed by atoms with Crippen LogP contribution in [-0.4, -0.2) is 40.4 Å². The Bertz CT molecular complexity index is 1350. The van der Waals surface area contributed by atoms with Crippen LogP contribution in [0.3, 0.4) is 0 Å². The average molecular weight is 466 g/mol. The predicted molar refractivity (Wildman–Crippen MR) is 123 cm³/mol. The van der Waals surface area contributed by atoms with Gasteiger partial charge in [-0.05, 0) is 62.6 Å².